The predicted octanol–water partition coefficient (Wildman–Crippen LogP) is 4.91. The van der Waals surface area contributed by atoms with Crippen molar-refractivity contribution in [3.63, 3.8) is 0 Å². The van der Waals surface area contributed by atoms with Gasteiger partial charge in [0.15, 0.2) is 0 Å². The lowest BCUT2D eigenvalue weighted by molar-refractivity contribution is -0.186. The highest BCUT2D eigenvalue weighted by atomic mass is 16.6. The molecule has 0 heterocycles. The molecule has 0 spiro atoms. The molecule has 36 heavy (non-hydrogen) atoms. The van der Waals surface area contributed by atoms with Gasteiger partial charge in [-0.05, 0) is 54.6 Å². The smallest absolute Gasteiger partial charge is 0.308 e. The molecule has 0 saturated heterocycles. The molecule has 3 aliphatic rings. The van der Waals surface area contributed by atoms with Crippen LogP contribution < -0.4 is 0 Å². The van der Waals surface area contributed by atoms with Crippen molar-refractivity contribution < 1.29 is 33.7 Å². The monoisotopic (exact) mass is 504 g/mol. The third-order valence-corrected chi connectivity index (χ3v) is 9.00. The fraction of sp³-hybridized carbons (Fsp3) is 0.759. The van der Waals surface area contributed by atoms with Gasteiger partial charge < -0.3 is 19.3 Å². The summed E-state index contributed by atoms with van der Waals surface area (Å²) in [6.45, 7) is 19.1. The topological polar surface area (TPSA) is 99.1 Å². The minimum absolute atomic E-state index is 0.256. The van der Waals surface area contributed by atoms with E-state index >= 15 is 0 Å². The van der Waals surface area contributed by atoms with Gasteiger partial charge >= 0.3 is 17.9 Å². The second-order valence-electron chi connectivity index (χ2n) is 12.1. The molecule has 0 unspecified atom stereocenters. The number of aliphatic hydroxyl groups is 1. The molecule has 0 aromatic heterocycles. The van der Waals surface area contributed by atoms with E-state index < -0.39 is 47.1 Å². The molecule has 2 fully saturated rings. The minimum Gasteiger partial charge on any atom is -0.461 e. The van der Waals surface area contributed by atoms with Crippen LogP contribution in [-0.4, -0.2) is 47.4 Å². The van der Waals surface area contributed by atoms with E-state index in [-0.39, 0.29) is 23.8 Å². The number of hydrogen-bond donors (Lipinski definition) is 1. The maximum Gasteiger partial charge on any atom is 0.308 e. The number of hydrogen-bond acceptors (Lipinski definition) is 7. The van der Waals surface area contributed by atoms with E-state index in [0.29, 0.717) is 37.7 Å². The van der Waals surface area contributed by atoms with Crippen molar-refractivity contribution in [3.05, 3.63) is 23.3 Å². The fourth-order valence-corrected chi connectivity index (χ4v) is 7.32. The van der Waals surface area contributed by atoms with Gasteiger partial charge in [0.1, 0.15) is 18.3 Å². The second-order valence-corrected chi connectivity index (χ2v) is 12.1. The third-order valence-electron chi connectivity index (χ3n) is 9.00. The lowest BCUT2D eigenvalue weighted by Crippen LogP contribution is -2.60. The highest BCUT2D eigenvalue weighted by Crippen LogP contribution is 2.60. The summed E-state index contributed by atoms with van der Waals surface area (Å²) < 4.78 is 17.9. The van der Waals surface area contributed by atoms with E-state index in [0.717, 1.165) is 11.1 Å². The zero-order valence-corrected chi connectivity index (χ0v) is 23.2. The number of esters is 3. The highest BCUT2D eigenvalue weighted by Gasteiger charge is 2.60. The van der Waals surface area contributed by atoms with Crippen molar-refractivity contribution in [1.29, 1.82) is 0 Å². The summed E-state index contributed by atoms with van der Waals surface area (Å²) in [5, 5.41) is 11.6. The van der Waals surface area contributed by atoms with Crippen LogP contribution in [0.15, 0.2) is 23.3 Å². The first-order valence-electron chi connectivity index (χ1n) is 13.3. The van der Waals surface area contributed by atoms with E-state index in [1.54, 1.807) is 0 Å². The third kappa shape index (κ3) is 5.13. The Morgan fingerprint density at radius 3 is 2.28 bits per heavy atom. The van der Waals surface area contributed by atoms with Crippen molar-refractivity contribution in [1.82, 2.24) is 0 Å². The molecule has 3 rings (SSSR count). The molecule has 202 valence electrons. The van der Waals surface area contributed by atoms with Crippen LogP contribution in [0.1, 0.15) is 87.5 Å². The molecular weight excluding hydrogens is 460 g/mol. The van der Waals surface area contributed by atoms with Crippen LogP contribution in [-0.2, 0) is 28.6 Å². The highest BCUT2D eigenvalue weighted by molar-refractivity contribution is 5.72. The molecule has 7 heteroatoms. The summed E-state index contributed by atoms with van der Waals surface area (Å²) in [4.78, 5) is 37.4. The number of aliphatic hydroxyl groups excluding tert-OH is 1. The molecule has 0 amide bonds. The Balaban J connectivity index is 2.21. The summed E-state index contributed by atoms with van der Waals surface area (Å²) in [5.41, 5.74) is 1.55. The summed E-state index contributed by atoms with van der Waals surface area (Å²) in [6.07, 6.45) is 0.448. The molecule has 7 nitrogen and oxygen atoms in total. The Hall–Kier alpha value is -2.15. The van der Waals surface area contributed by atoms with Crippen molar-refractivity contribution in [2.45, 2.75) is 112 Å². The Morgan fingerprint density at radius 1 is 1.11 bits per heavy atom. The number of fused-ring (bicyclic) bond motifs is 3. The van der Waals surface area contributed by atoms with Crippen molar-refractivity contribution in [2.75, 3.05) is 0 Å². The number of rotatable bonds is 5. The van der Waals surface area contributed by atoms with Crippen molar-refractivity contribution >= 4 is 17.9 Å². The molecule has 0 aromatic rings. The van der Waals surface area contributed by atoms with Gasteiger partial charge in [-0.25, -0.2) is 0 Å². The zero-order valence-electron chi connectivity index (χ0n) is 23.2. The van der Waals surface area contributed by atoms with Gasteiger partial charge in [-0.2, -0.15) is 0 Å². The van der Waals surface area contributed by atoms with Crippen LogP contribution in [0.25, 0.3) is 0 Å². The predicted molar refractivity (Wildman–Crippen MR) is 136 cm³/mol. The lowest BCUT2D eigenvalue weighted by atomic mass is 9.50. The molecule has 1 N–H and O–H groups in total. The maximum absolute atomic E-state index is 13.0. The Kier molecular flexibility index (Phi) is 8.14. The fourth-order valence-electron chi connectivity index (χ4n) is 7.32. The minimum atomic E-state index is -0.697. The van der Waals surface area contributed by atoms with Crippen LogP contribution in [0.2, 0.25) is 0 Å². The van der Waals surface area contributed by atoms with E-state index in [1.807, 2.05) is 34.6 Å². The van der Waals surface area contributed by atoms with Crippen molar-refractivity contribution in [2.24, 2.45) is 28.6 Å². The summed E-state index contributed by atoms with van der Waals surface area (Å²) in [6, 6.07) is 0. The van der Waals surface area contributed by atoms with Crippen LogP contribution in [0.5, 0.6) is 0 Å². The SMILES string of the molecule is C=C1[C@@H](OC(C)=O)CC[C@@]2(C)C[C@H](O)C3=C(C)C[C@H](OC(=O)[C@@H](C)CC)[C@H]([C@@H](OC(C)=O)[C@H]12)C3(C)C. The molecule has 2 bridgehead atoms. The van der Waals surface area contributed by atoms with Crippen LogP contribution >= 0.6 is 0 Å². The number of carbonyl (C=O) groups is 3. The quantitative estimate of drug-likeness (QED) is 0.323. The van der Waals surface area contributed by atoms with Gasteiger partial charge in [0.2, 0.25) is 0 Å². The molecule has 0 radical (unpaired) electrons. The molecule has 0 aliphatic heterocycles. The van der Waals surface area contributed by atoms with Crippen LogP contribution in [0.4, 0.5) is 0 Å². The van der Waals surface area contributed by atoms with Gasteiger partial charge in [-0.1, -0.05) is 46.8 Å². The number of ether oxygens (including phenoxy) is 3. The second kappa shape index (κ2) is 10.3. The Labute approximate surface area is 215 Å². The molecular formula is C29H44O7. The standard InChI is InChI=1S/C29H44O7/c1-10-15(2)27(33)36-22-13-16(3)23-20(32)14-29(9)12-11-21(34-18(5)30)17(4)24(29)26(35-19(6)31)25(22)28(23,7)8/h15,20-22,24-26,32H,4,10-14H2,1-3,5-9H3/t15-,20-,21-,22-,24-,25+,26-,29-/m0/s1. The van der Waals surface area contributed by atoms with Gasteiger partial charge in [0.25, 0.3) is 0 Å². The molecule has 0 aromatic carbocycles. The van der Waals surface area contributed by atoms with E-state index in [1.165, 1.54) is 13.8 Å². The Bertz CT molecular complexity index is 947. The zero-order chi connectivity index (χ0) is 27.2. The first-order valence-corrected chi connectivity index (χ1v) is 13.3. The molecule has 3 aliphatic carbocycles. The van der Waals surface area contributed by atoms with E-state index in [4.69, 9.17) is 14.2 Å². The summed E-state index contributed by atoms with van der Waals surface area (Å²) in [5.74, 6) is -2.15. The van der Waals surface area contributed by atoms with Crippen LogP contribution in [0.3, 0.4) is 0 Å². The van der Waals surface area contributed by atoms with Gasteiger partial charge in [-0.3, -0.25) is 14.4 Å². The first-order chi connectivity index (χ1) is 16.6. The normalized spacial score (nSPS) is 36.6. The number of carbonyl (C=O) groups excluding carboxylic acids is 3. The lowest BCUT2D eigenvalue weighted by Gasteiger charge is -2.58. The van der Waals surface area contributed by atoms with Gasteiger partial charge in [0.05, 0.1) is 12.0 Å². The van der Waals surface area contributed by atoms with Gasteiger partial charge in [-0.15, -0.1) is 0 Å². The molecule has 2 saturated carbocycles. The summed E-state index contributed by atoms with van der Waals surface area (Å²) >= 11 is 0. The van der Waals surface area contributed by atoms with E-state index in [9.17, 15) is 19.5 Å². The van der Waals surface area contributed by atoms with Gasteiger partial charge in [0, 0.05) is 32.1 Å². The van der Waals surface area contributed by atoms with Crippen LogP contribution in [0, 0.1) is 28.6 Å². The van der Waals surface area contributed by atoms with Crippen molar-refractivity contribution in [3.8, 4) is 0 Å². The molecule has 8 atom stereocenters. The van der Waals surface area contributed by atoms with E-state index in [2.05, 4.69) is 13.5 Å². The largest absolute Gasteiger partial charge is 0.461 e. The Morgan fingerprint density at radius 2 is 1.72 bits per heavy atom. The summed E-state index contributed by atoms with van der Waals surface area (Å²) in [7, 11) is 0. The first kappa shape index (κ1) is 28.4. The average Bonchev–Trinajstić information content (AvgIpc) is 2.72. The maximum atomic E-state index is 13.0. The average molecular weight is 505 g/mol.